The number of nitrogens with zero attached hydrogens (tertiary/aromatic N) is 2. The van der Waals surface area contributed by atoms with E-state index in [-0.39, 0.29) is 6.04 Å². The van der Waals surface area contributed by atoms with E-state index in [9.17, 15) is 4.79 Å². The molecule has 1 amide bonds. The molecule has 0 radical (unpaired) electrons. The monoisotopic (exact) mass is 362 g/mol. The van der Waals surface area contributed by atoms with Gasteiger partial charge in [0, 0.05) is 13.0 Å². The van der Waals surface area contributed by atoms with Gasteiger partial charge in [0.05, 0.1) is 6.04 Å². The molecule has 1 aromatic heterocycles. The summed E-state index contributed by atoms with van der Waals surface area (Å²) >= 11 is 0. The minimum Gasteiger partial charge on any atom is -0.465 e. The first-order valence-corrected chi connectivity index (χ1v) is 10.1. The maximum atomic E-state index is 10.4. The molecular weight excluding hydrogens is 332 g/mol. The van der Waals surface area contributed by atoms with Gasteiger partial charge in [-0.25, -0.2) is 4.79 Å². The van der Waals surface area contributed by atoms with Crippen LogP contribution in [-0.4, -0.2) is 27.9 Å². The van der Waals surface area contributed by atoms with Crippen LogP contribution in [0.1, 0.15) is 75.5 Å². The fourth-order valence-corrected chi connectivity index (χ4v) is 6.14. The van der Waals surface area contributed by atoms with Crippen LogP contribution in [-0.2, 0) is 6.42 Å². The standard InChI is InChI=1S/C19H30N4O3/c20-15(3-1-2-4-21-18(24)25)17-22-16(23-26-17)11-19-8-12-5-13(9-19)7-14(6-12)10-19/h12-15,21H,1-11,20H2,(H,24,25). The summed E-state index contributed by atoms with van der Waals surface area (Å²) in [6.45, 7) is 0.448. The SMILES string of the molecule is NC(CCCCNC(=O)O)c1nc(CC23CC4CC(CC(C4)C2)C3)no1. The number of amides is 1. The van der Waals surface area contributed by atoms with Crippen LogP contribution in [0.25, 0.3) is 0 Å². The van der Waals surface area contributed by atoms with Crippen molar-refractivity contribution >= 4 is 6.09 Å². The second-order valence-corrected chi connectivity index (χ2v) is 8.98. The van der Waals surface area contributed by atoms with Crippen molar-refractivity contribution in [3.63, 3.8) is 0 Å². The number of hydrogen-bond acceptors (Lipinski definition) is 5. The fraction of sp³-hybridized carbons (Fsp3) is 0.842. The molecule has 7 nitrogen and oxygen atoms in total. The molecule has 4 aliphatic carbocycles. The summed E-state index contributed by atoms with van der Waals surface area (Å²) in [5, 5.41) is 15.1. The minimum atomic E-state index is -0.986. The number of rotatable bonds is 8. The number of carbonyl (C=O) groups is 1. The van der Waals surface area contributed by atoms with Crippen molar-refractivity contribution in [1.29, 1.82) is 0 Å². The number of unbranched alkanes of at least 4 members (excludes halogenated alkanes) is 1. The van der Waals surface area contributed by atoms with Gasteiger partial charge in [-0.3, -0.25) is 0 Å². The van der Waals surface area contributed by atoms with Crippen LogP contribution in [0.15, 0.2) is 4.52 Å². The molecule has 0 saturated heterocycles. The van der Waals surface area contributed by atoms with E-state index in [0.29, 0.717) is 17.9 Å². The summed E-state index contributed by atoms with van der Waals surface area (Å²) in [6.07, 6.45) is 10.6. The summed E-state index contributed by atoms with van der Waals surface area (Å²) in [7, 11) is 0. The van der Waals surface area contributed by atoms with Crippen molar-refractivity contribution in [2.45, 2.75) is 70.3 Å². The third-order valence-corrected chi connectivity index (χ3v) is 6.72. The van der Waals surface area contributed by atoms with E-state index in [1.54, 1.807) is 0 Å². The zero-order valence-electron chi connectivity index (χ0n) is 15.3. The Kier molecular flexibility index (Phi) is 4.90. The first-order chi connectivity index (χ1) is 12.5. The highest BCUT2D eigenvalue weighted by Crippen LogP contribution is 2.60. The van der Waals surface area contributed by atoms with Gasteiger partial charge in [0.25, 0.3) is 0 Å². The third-order valence-electron chi connectivity index (χ3n) is 6.72. The van der Waals surface area contributed by atoms with Gasteiger partial charge >= 0.3 is 6.09 Å². The van der Waals surface area contributed by atoms with E-state index < -0.39 is 6.09 Å². The van der Waals surface area contributed by atoms with Gasteiger partial charge in [0.1, 0.15) is 0 Å². The first kappa shape index (κ1) is 17.8. The summed E-state index contributed by atoms with van der Waals surface area (Å²) < 4.78 is 5.44. The van der Waals surface area contributed by atoms with Gasteiger partial charge in [-0.1, -0.05) is 5.16 Å². The Labute approximate surface area is 154 Å². The molecule has 1 atom stereocenters. The largest absolute Gasteiger partial charge is 0.465 e. The molecule has 0 aromatic carbocycles. The molecule has 4 aliphatic rings. The van der Waals surface area contributed by atoms with Gasteiger partial charge in [0.15, 0.2) is 5.82 Å². The summed E-state index contributed by atoms with van der Waals surface area (Å²) in [5.74, 6) is 4.12. The Morgan fingerprint density at radius 3 is 2.50 bits per heavy atom. The molecule has 5 rings (SSSR count). The van der Waals surface area contributed by atoms with Gasteiger partial charge in [0.2, 0.25) is 5.89 Å². The Balaban J connectivity index is 1.29. The maximum Gasteiger partial charge on any atom is 0.404 e. The number of nitrogens with two attached hydrogens (primary N) is 1. The maximum absolute atomic E-state index is 10.4. The van der Waals surface area contributed by atoms with Crippen LogP contribution in [0.2, 0.25) is 0 Å². The highest BCUT2D eigenvalue weighted by atomic mass is 16.5. The van der Waals surface area contributed by atoms with E-state index in [4.69, 9.17) is 15.4 Å². The predicted octanol–water partition coefficient (Wildman–Crippen LogP) is 3.27. The number of carboxylic acid groups (broad SMARTS) is 1. The van der Waals surface area contributed by atoms with E-state index in [1.165, 1.54) is 38.5 Å². The molecule has 1 aromatic rings. The molecule has 4 saturated carbocycles. The summed E-state index contributed by atoms with van der Waals surface area (Å²) in [5.41, 5.74) is 6.58. The van der Waals surface area contributed by atoms with Crippen LogP contribution >= 0.6 is 0 Å². The van der Waals surface area contributed by atoms with Gasteiger partial charge in [-0.15, -0.1) is 0 Å². The summed E-state index contributed by atoms with van der Waals surface area (Å²) in [6, 6.07) is -0.266. The van der Waals surface area contributed by atoms with Crippen molar-refractivity contribution in [2.75, 3.05) is 6.54 Å². The number of hydrogen-bond donors (Lipinski definition) is 3. The third kappa shape index (κ3) is 3.87. The molecule has 26 heavy (non-hydrogen) atoms. The molecular formula is C19H30N4O3. The molecule has 0 aliphatic heterocycles. The Morgan fingerprint density at radius 1 is 1.23 bits per heavy atom. The van der Waals surface area contributed by atoms with Gasteiger partial charge < -0.3 is 20.7 Å². The molecule has 144 valence electrons. The van der Waals surface area contributed by atoms with Crippen molar-refractivity contribution in [1.82, 2.24) is 15.5 Å². The molecule has 4 fully saturated rings. The average molecular weight is 362 g/mol. The highest BCUT2D eigenvalue weighted by molar-refractivity contribution is 5.64. The smallest absolute Gasteiger partial charge is 0.404 e. The molecule has 1 unspecified atom stereocenters. The summed E-state index contributed by atoms with van der Waals surface area (Å²) in [4.78, 5) is 15.0. The second kappa shape index (κ2) is 7.18. The van der Waals surface area contributed by atoms with Gasteiger partial charge in [-0.05, 0) is 81.0 Å². The Morgan fingerprint density at radius 2 is 1.88 bits per heavy atom. The topological polar surface area (TPSA) is 114 Å². The van der Waals surface area contributed by atoms with E-state index in [1.807, 2.05) is 0 Å². The van der Waals surface area contributed by atoms with Crippen molar-refractivity contribution in [3.8, 4) is 0 Å². The first-order valence-electron chi connectivity index (χ1n) is 10.1. The predicted molar refractivity (Wildman–Crippen MR) is 95.4 cm³/mol. The lowest BCUT2D eigenvalue weighted by molar-refractivity contribution is -0.0533. The van der Waals surface area contributed by atoms with E-state index in [0.717, 1.165) is 49.3 Å². The lowest BCUT2D eigenvalue weighted by Gasteiger charge is -2.56. The van der Waals surface area contributed by atoms with Crippen molar-refractivity contribution in [3.05, 3.63) is 11.7 Å². The minimum absolute atomic E-state index is 0.266. The lowest BCUT2D eigenvalue weighted by atomic mass is 9.49. The molecule has 4 bridgehead atoms. The quantitative estimate of drug-likeness (QED) is 0.612. The van der Waals surface area contributed by atoms with Crippen molar-refractivity contribution in [2.24, 2.45) is 28.9 Å². The Hall–Kier alpha value is -1.63. The van der Waals surface area contributed by atoms with E-state index >= 15 is 0 Å². The molecule has 1 heterocycles. The molecule has 0 spiro atoms. The zero-order chi connectivity index (χ0) is 18.1. The fourth-order valence-electron chi connectivity index (χ4n) is 6.14. The second-order valence-electron chi connectivity index (χ2n) is 8.98. The Bertz CT molecular complexity index is 609. The lowest BCUT2D eigenvalue weighted by Crippen LogP contribution is -2.47. The van der Waals surface area contributed by atoms with Crippen LogP contribution < -0.4 is 11.1 Å². The van der Waals surface area contributed by atoms with Gasteiger partial charge in [-0.2, -0.15) is 4.98 Å². The van der Waals surface area contributed by atoms with Crippen LogP contribution in [0, 0.1) is 23.2 Å². The van der Waals surface area contributed by atoms with Crippen molar-refractivity contribution < 1.29 is 14.4 Å². The zero-order valence-corrected chi connectivity index (χ0v) is 15.3. The molecule has 7 heteroatoms. The normalized spacial score (nSPS) is 33.3. The van der Waals surface area contributed by atoms with E-state index in [2.05, 4.69) is 15.5 Å². The number of aromatic nitrogens is 2. The van der Waals surface area contributed by atoms with Crippen LogP contribution in [0.3, 0.4) is 0 Å². The molecule has 4 N–H and O–H groups in total. The average Bonchev–Trinajstić information content (AvgIpc) is 3.00. The number of nitrogens with one attached hydrogen (secondary N) is 1. The van der Waals surface area contributed by atoms with Crippen LogP contribution in [0.5, 0.6) is 0 Å². The highest BCUT2D eigenvalue weighted by Gasteiger charge is 2.51. The van der Waals surface area contributed by atoms with Crippen LogP contribution in [0.4, 0.5) is 4.79 Å².